The van der Waals surface area contributed by atoms with Crippen LogP contribution in [0.5, 0.6) is 5.75 Å². The minimum Gasteiger partial charge on any atom is -0.492 e. The lowest BCUT2D eigenvalue weighted by molar-refractivity contribution is 0.234. The second-order valence-electron chi connectivity index (χ2n) is 5.47. The maximum absolute atomic E-state index is 5.80. The Kier molecular flexibility index (Phi) is 5.67. The molecule has 0 spiro atoms. The zero-order valence-corrected chi connectivity index (χ0v) is 12.2. The highest BCUT2D eigenvalue weighted by atomic mass is 16.5. The van der Waals surface area contributed by atoms with Gasteiger partial charge < -0.3 is 10.1 Å². The van der Waals surface area contributed by atoms with Crippen LogP contribution in [0, 0.1) is 5.92 Å². The summed E-state index contributed by atoms with van der Waals surface area (Å²) in [6.07, 6.45) is 1.33. The molecule has 1 unspecified atom stereocenters. The summed E-state index contributed by atoms with van der Waals surface area (Å²) in [6, 6.07) is 8.41. The number of nitrogens with zero attached hydrogens (tertiary/aromatic N) is 1. The van der Waals surface area contributed by atoms with Gasteiger partial charge in [0.15, 0.2) is 0 Å². The summed E-state index contributed by atoms with van der Waals surface area (Å²) in [5.41, 5.74) is 1.31. The van der Waals surface area contributed by atoms with Crippen molar-refractivity contribution in [2.75, 3.05) is 32.8 Å². The first kappa shape index (κ1) is 14.4. The molecule has 0 amide bonds. The molecule has 1 aromatic carbocycles. The van der Waals surface area contributed by atoms with Crippen LogP contribution >= 0.6 is 0 Å². The van der Waals surface area contributed by atoms with Crippen molar-refractivity contribution >= 4 is 0 Å². The summed E-state index contributed by atoms with van der Waals surface area (Å²) in [6.45, 7) is 10.7. The molecule has 0 bridgehead atoms. The van der Waals surface area contributed by atoms with Gasteiger partial charge in [0, 0.05) is 19.6 Å². The van der Waals surface area contributed by atoms with Crippen LogP contribution in [0.2, 0.25) is 0 Å². The van der Waals surface area contributed by atoms with Gasteiger partial charge in [-0.1, -0.05) is 26.0 Å². The minimum absolute atomic E-state index is 0.791. The lowest BCUT2D eigenvalue weighted by Gasteiger charge is -2.15. The smallest absolute Gasteiger partial charge is 0.119 e. The van der Waals surface area contributed by atoms with Gasteiger partial charge in [0.25, 0.3) is 0 Å². The van der Waals surface area contributed by atoms with Crippen molar-refractivity contribution in [3.8, 4) is 5.75 Å². The zero-order valence-electron chi connectivity index (χ0n) is 12.2. The van der Waals surface area contributed by atoms with Crippen LogP contribution in [0.1, 0.15) is 25.8 Å². The van der Waals surface area contributed by atoms with Crippen LogP contribution < -0.4 is 10.1 Å². The van der Waals surface area contributed by atoms with Gasteiger partial charge >= 0.3 is 0 Å². The molecule has 0 aromatic heterocycles. The summed E-state index contributed by atoms with van der Waals surface area (Å²) < 4.78 is 5.80. The van der Waals surface area contributed by atoms with Crippen molar-refractivity contribution in [3.63, 3.8) is 0 Å². The molecule has 3 nitrogen and oxygen atoms in total. The highest BCUT2D eigenvalue weighted by Crippen LogP contribution is 2.15. The fourth-order valence-electron chi connectivity index (χ4n) is 2.49. The largest absolute Gasteiger partial charge is 0.492 e. The summed E-state index contributed by atoms with van der Waals surface area (Å²) in [7, 11) is 0. The third-order valence-electron chi connectivity index (χ3n) is 3.69. The van der Waals surface area contributed by atoms with E-state index in [1.807, 2.05) is 0 Å². The Labute approximate surface area is 116 Å². The molecule has 1 aliphatic rings. The third kappa shape index (κ3) is 4.84. The Morgan fingerprint density at radius 1 is 1.32 bits per heavy atom. The van der Waals surface area contributed by atoms with Crippen molar-refractivity contribution < 1.29 is 4.74 Å². The van der Waals surface area contributed by atoms with Crippen molar-refractivity contribution in [1.82, 2.24) is 10.2 Å². The topological polar surface area (TPSA) is 24.5 Å². The first-order valence-corrected chi connectivity index (χ1v) is 7.42. The molecular weight excluding hydrogens is 236 g/mol. The van der Waals surface area contributed by atoms with Gasteiger partial charge in [0.2, 0.25) is 0 Å². The molecule has 106 valence electrons. The molecule has 2 rings (SSSR count). The average molecular weight is 262 g/mol. The van der Waals surface area contributed by atoms with Crippen molar-refractivity contribution in [3.05, 3.63) is 29.8 Å². The van der Waals surface area contributed by atoms with Crippen LogP contribution in [0.15, 0.2) is 24.3 Å². The molecule has 1 N–H and O–H groups in total. The Hall–Kier alpha value is -1.06. The number of rotatable bonds is 7. The summed E-state index contributed by atoms with van der Waals surface area (Å²) in [5.74, 6) is 1.83. The fourth-order valence-corrected chi connectivity index (χ4v) is 2.49. The van der Waals surface area contributed by atoms with Crippen LogP contribution in [-0.2, 0) is 6.54 Å². The second-order valence-corrected chi connectivity index (χ2v) is 5.47. The number of hydrogen-bond acceptors (Lipinski definition) is 3. The molecule has 3 heteroatoms. The predicted octanol–water partition coefficient (Wildman–Crippen LogP) is 2.52. The first-order chi connectivity index (χ1) is 9.28. The maximum Gasteiger partial charge on any atom is 0.119 e. The van der Waals surface area contributed by atoms with E-state index in [-0.39, 0.29) is 0 Å². The molecule has 1 saturated heterocycles. The van der Waals surface area contributed by atoms with Crippen LogP contribution in [0.25, 0.3) is 0 Å². The van der Waals surface area contributed by atoms with Gasteiger partial charge in [-0.3, -0.25) is 4.90 Å². The lowest BCUT2D eigenvalue weighted by Crippen LogP contribution is -2.25. The molecule has 1 heterocycles. The lowest BCUT2D eigenvalue weighted by atomic mass is 10.2. The van der Waals surface area contributed by atoms with E-state index in [9.17, 15) is 0 Å². The summed E-state index contributed by atoms with van der Waals surface area (Å²) in [4.78, 5) is 2.49. The van der Waals surface area contributed by atoms with E-state index in [2.05, 4.69) is 48.3 Å². The zero-order chi connectivity index (χ0) is 13.5. The van der Waals surface area contributed by atoms with E-state index in [4.69, 9.17) is 4.74 Å². The number of nitrogens with one attached hydrogen (secondary N) is 1. The summed E-state index contributed by atoms with van der Waals surface area (Å²) >= 11 is 0. The maximum atomic E-state index is 5.80. The van der Waals surface area contributed by atoms with Crippen LogP contribution in [0.4, 0.5) is 0 Å². The normalized spacial score (nSPS) is 19.8. The summed E-state index contributed by atoms with van der Waals surface area (Å²) in [5, 5.41) is 3.32. The van der Waals surface area contributed by atoms with Gasteiger partial charge in [-0.15, -0.1) is 0 Å². The quantitative estimate of drug-likeness (QED) is 0.817. The van der Waals surface area contributed by atoms with E-state index >= 15 is 0 Å². The molecule has 0 aliphatic carbocycles. The number of benzene rings is 1. The van der Waals surface area contributed by atoms with Crippen LogP contribution in [0.3, 0.4) is 0 Å². The van der Waals surface area contributed by atoms with E-state index in [1.165, 1.54) is 25.1 Å². The van der Waals surface area contributed by atoms with Crippen molar-refractivity contribution in [1.29, 1.82) is 0 Å². The molecule has 1 aromatic rings. The van der Waals surface area contributed by atoms with Crippen LogP contribution in [-0.4, -0.2) is 37.7 Å². The Bertz CT molecular complexity index is 364. The molecule has 0 radical (unpaired) electrons. The standard InChI is InChI=1S/C16H26N2O/c1-3-17-12-15-4-6-16(7-5-15)19-11-10-18-9-8-14(2)13-18/h4-7,14,17H,3,8-13H2,1-2H3. The SMILES string of the molecule is CCNCc1ccc(OCCN2CCC(C)C2)cc1. The van der Waals surface area contributed by atoms with Gasteiger partial charge in [-0.25, -0.2) is 0 Å². The Morgan fingerprint density at radius 3 is 2.74 bits per heavy atom. The second kappa shape index (κ2) is 7.51. The highest BCUT2D eigenvalue weighted by Gasteiger charge is 2.17. The third-order valence-corrected chi connectivity index (χ3v) is 3.69. The molecule has 1 fully saturated rings. The highest BCUT2D eigenvalue weighted by molar-refractivity contribution is 5.27. The number of ether oxygens (including phenoxy) is 1. The average Bonchev–Trinajstić information content (AvgIpc) is 2.84. The fraction of sp³-hybridized carbons (Fsp3) is 0.625. The predicted molar refractivity (Wildman–Crippen MR) is 79.5 cm³/mol. The molecule has 1 atom stereocenters. The Balaban J connectivity index is 1.68. The monoisotopic (exact) mass is 262 g/mol. The molecule has 19 heavy (non-hydrogen) atoms. The number of likely N-dealkylation sites (tertiary alicyclic amines) is 1. The van der Waals surface area contributed by atoms with E-state index < -0.39 is 0 Å². The van der Waals surface area contributed by atoms with Gasteiger partial charge in [0.05, 0.1) is 0 Å². The molecular formula is C16H26N2O. The van der Waals surface area contributed by atoms with Crippen molar-refractivity contribution in [2.45, 2.75) is 26.8 Å². The molecule has 0 saturated carbocycles. The van der Waals surface area contributed by atoms with E-state index in [0.29, 0.717) is 0 Å². The first-order valence-electron chi connectivity index (χ1n) is 7.42. The van der Waals surface area contributed by atoms with E-state index in [1.54, 1.807) is 0 Å². The van der Waals surface area contributed by atoms with E-state index in [0.717, 1.165) is 37.9 Å². The van der Waals surface area contributed by atoms with Crippen molar-refractivity contribution in [2.24, 2.45) is 5.92 Å². The Morgan fingerprint density at radius 2 is 2.11 bits per heavy atom. The van der Waals surface area contributed by atoms with Gasteiger partial charge in [0.1, 0.15) is 12.4 Å². The van der Waals surface area contributed by atoms with Gasteiger partial charge in [-0.2, -0.15) is 0 Å². The molecule has 1 aliphatic heterocycles. The van der Waals surface area contributed by atoms with Gasteiger partial charge in [-0.05, 0) is 43.1 Å². The number of hydrogen-bond donors (Lipinski definition) is 1. The minimum atomic E-state index is 0.791.